The van der Waals surface area contributed by atoms with Gasteiger partial charge in [-0.25, -0.2) is 0 Å². The van der Waals surface area contributed by atoms with Crippen molar-refractivity contribution in [1.29, 1.82) is 0 Å². The van der Waals surface area contributed by atoms with E-state index < -0.39 is 26.8 Å². The van der Waals surface area contributed by atoms with Crippen LogP contribution in [-0.2, 0) is 34.2 Å². The molecule has 1 amide bonds. The van der Waals surface area contributed by atoms with Crippen LogP contribution >= 0.6 is 0 Å². The highest BCUT2D eigenvalue weighted by atomic mass is 32.2. The largest absolute Gasteiger partial charge is 0.467 e. The second kappa shape index (κ2) is 10.8. The summed E-state index contributed by atoms with van der Waals surface area (Å²) in [6.45, 7) is 2.39. The maximum absolute atomic E-state index is 13.0. The molecule has 1 heterocycles. The van der Waals surface area contributed by atoms with E-state index in [1.165, 1.54) is 18.4 Å². The minimum Gasteiger partial charge on any atom is -0.467 e. The van der Waals surface area contributed by atoms with Crippen molar-refractivity contribution in [2.45, 2.75) is 50.3 Å². The molecule has 0 aliphatic carbocycles. The summed E-state index contributed by atoms with van der Waals surface area (Å²) in [6.07, 6.45) is -1.23. The fourth-order valence-electron chi connectivity index (χ4n) is 3.23. The number of rotatable bonds is 10. The molecule has 0 aliphatic heterocycles. The third-order valence-electron chi connectivity index (χ3n) is 4.95. The summed E-state index contributed by atoms with van der Waals surface area (Å²) in [5, 5.41) is 0. The summed E-state index contributed by atoms with van der Waals surface area (Å²) >= 11 is 0. The van der Waals surface area contributed by atoms with Crippen LogP contribution in [0.5, 0.6) is 5.75 Å². The molecule has 3 rings (SSSR count). The number of nitrogens with zero attached hydrogens (tertiary/aromatic N) is 1. The van der Waals surface area contributed by atoms with E-state index in [1.54, 1.807) is 29.2 Å². The number of amides is 1. The molecule has 182 valence electrons. The fourth-order valence-corrected chi connectivity index (χ4v) is 4.20. The topological polar surface area (TPSA) is 76.8 Å². The molecular weight excluding hydrogens is 471 g/mol. The van der Waals surface area contributed by atoms with Gasteiger partial charge >= 0.3 is 16.3 Å². The fraction of sp³-hybridized carbons (Fsp3) is 0.292. The van der Waals surface area contributed by atoms with Crippen LogP contribution in [0.25, 0.3) is 0 Å². The van der Waals surface area contributed by atoms with E-state index in [2.05, 4.69) is 0 Å². The van der Waals surface area contributed by atoms with Gasteiger partial charge in [0.1, 0.15) is 16.4 Å². The quantitative estimate of drug-likeness (QED) is 0.333. The number of halogens is 3. The maximum Gasteiger partial charge on any atom is 0.416 e. The first-order valence-electron chi connectivity index (χ1n) is 10.6. The second-order valence-corrected chi connectivity index (χ2v) is 9.19. The summed E-state index contributed by atoms with van der Waals surface area (Å²) in [5.41, 5.74) is -0.502. The predicted molar refractivity (Wildman–Crippen MR) is 118 cm³/mol. The first-order valence-corrected chi connectivity index (χ1v) is 12.0. The van der Waals surface area contributed by atoms with E-state index in [-0.39, 0.29) is 24.7 Å². The molecule has 3 aromatic rings. The summed E-state index contributed by atoms with van der Waals surface area (Å²) in [4.78, 5) is 13.7. The van der Waals surface area contributed by atoms with Crippen molar-refractivity contribution in [2.75, 3.05) is 0 Å². The Kier molecular flexibility index (Phi) is 8.03. The normalized spacial score (nSPS) is 11.9. The molecule has 0 saturated heterocycles. The number of carbonyl (C=O) groups is 1. The number of alkyl halides is 3. The van der Waals surface area contributed by atoms with Gasteiger partial charge in [-0.15, -0.1) is 0 Å². The van der Waals surface area contributed by atoms with Crippen LogP contribution in [0.2, 0.25) is 0 Å². The van der Waals surface area contributed by atoms with Gasteiger partial charge in [0, 0.05) is 13.0 Å². The number of furan rings is 1. The molecule has 0 saturated carbocycles. The van der Waals surface area contributed by atoms with Crippen molar-refractivity contribution in [3.05, 3.63) is 83.8 Å². The molecule has 6 nitrogen and oxygen atoms in total. The molecule has 1 aromatic heterocycles. The highest BCUT2D eigenvalue weighted by Crippen LogP contribution is 2.31. The number of benzene rings is 2. The van der Waals surface area contributed by atoms with Crippen LogP contribution in [0.1, 0.15) is 43.1 Å². The van der Waals surface area contributed by atoms with Gasteiger partial charge in [-0.3, -0.25) is 4.79 Å². The van der Waals surface area contributed by atoms with Crippen LogP contribution in [0.15, 0.2) is 76.2 Å². The van der Waals surface area contributed by atoms with Crippen molar-refractivity contribution < 1.29 is 35.0 Å². The minimum atomic E-state index is -4.69. The average Bonchev–Trinajstić information content (AvgIpc) is 3.30. The zero-order chi connectivity index (χ0) is 24.8. The maximum atomic E-state index is 13.0. The predicted octanol–water partition coefficient (Wildman–Crippen LogP) is 5.79. The Bertz CT molecular complexity index is 1210. The molecule has 0 aliphatic rings. The third kappa shape index (κ3) is 6.86. The molecule has 0 radical (unpaired) electrons. The second-order valence-electron chi connectivity index (χ2n) is 7.64. The van der Waals surface area contributed by atoms with E-state index in [9.17, 15) is 26.4 Å². The van der Waals surface area contributed by atoms with Crippen LogP contribution in [-0.4, -0.2) is 19.2 Å². The number of hydrogen-bond donors (Lipinski definition) is 0. The molecule has 0 atom stereocenters. The lowest BCUT2D eigenvalue weighted by Crippen LogP contribution is -2.29. The first-order chi connectivity index (χ1) is 16.1. The molecular formula is C24H24F3NO5S. The number of unbranched alkanes of at least 4 members (excludes halogenated alkanes) is 1. The Morgan fingerprint density at radius 1 is 1.03 bits per heavy atom. The first kappa shape index (κ1) is 25.4. The monoisotopic (exact) mass is 495 g/mol. The van der Waals surface area contributed by atoms with Gasteiger partial charge in [0.25, 0.3) is 0 Å². The Morgan fingerprint density at radius 2 is 1.79 bits per heavy atom. The molecule has 34 heavy (non-hydrogen) atoms. The molecule has 2 aromatic carbocycles. The van der Waals surface area contributed by atoms with Crippen molar-refractivity contribution in [3.8, 4) is 5.75 Å². The molecule has 0 N–H and O–H groups in total. The third-order valence-corrected chi connectivity index (χ3v) is 6.19. The Morgan fingerprint density at radius 3 is 2.47 bits per heavy atom. The number of hydrogen-bond acceptors (Lipinski definition) is 5. The zero-order valence-electron chi connectivity index (χ0n) is 18.4. The lowest BCUT2D eigenvalue weighted by Gasteiger charge is -2.22. The minimum absolute atomic E-state index is 0.0751. The highest BCUT2D eigenvalue weighted by molar-refractivity contribution is 7.87. The van der Waals surface area contributed by atoms with Crippen molar-refractivity contribution in [2.24, 2.45) is 0 Å². The summed E-state index contributed by atoms with van der Waals surface area (Å²) in [7, 11) is -4.51. The van der Waals surface area contributed by atoms with E-state index in [4.69, 9.17) is 8.60 Å². The number of carbonyl (C=O) groups excluding carboxylic acids is 1. The van der Waals surface area contributed by atoms with E-state index in [1.807, 2.05) is 6.92 Å². The molecule has 0 fully saturated rings. The molecule has 10 heteroatoms. The summed E-state index contributed by atoms with van der Waals surface area (Å²) in [5.74, 6) is 0.444. The highest BCUT2D eigenvalue weighted by Gasteiger charge is 2.32. The van der Waals surface area contributed by atoms with Gasteiger partial charge in [0.05, 0.1) is 18.4 Å². The lowest BCUT2D eigenvalue weighted by molar-refractivity contribution is -0.137. The lowest BCUT2D eigenvalue weighted by atomic mass is 10.1. The van der Waals surface area contributed by atoms with Crippen LogP contribution in [0.4, 0.5) is 13.2 Å². The Labute approximate surface area is 196 Å². The van der Waals surface area contributed by atoms with Gasteiger partial charge < -0.3 is 13.5 Å². The van der Waals surface area contributed by atoms with Gasteiger partial charge in [0.2, 0.25) is 5.91 Å². The van der Waals surface area contributed by atoms with Gasteiger partial charge in [-0.2, -0.15) is 21.6 Å². The SMILES string of the molecule is CCCCC(=O)N(Cc1cccc(OS(=O)(=O)c2cccc(C(F)(F)F)c2)c1)Cc1ccco1. The Balaban J connectivity index is 1.79. The van der Waals surface area contributed by atoms with Crippen molar-refractivity contribution in [3.63, 3.8) is 0 Å². The average molecular weight is 496 g/mol. The van der Waals surface area contributed by atoms with E-state index in [0.717, 1.165) is 31.0 Å². The smallest absolute Gasteiger partial charge is 0.416 e. The standard InChI is InChI=1S/C24H24F3NO5S/c1-2-3-12-23(29)28(17-21-10-6-13-32-21)16-18-7-4-9-20(14-18)33-34(30,31)22-11-5-8-19(15-22)24(25,26)27/h4-11,13-15H,2-3,12,16-17H2,1H3. The zero-order valence-corrected chi connectivity index (χ0v) is 19.2. The molecule has 0 spiro atoms. The summed E-state index contributed by atoms with van der Waals surface area (Å²) < 4.78 is 74.5. The van der Waals surface area contributed by atoms with Crippen LogP contribution in [0.3, 0.4) is 0 Å². The summed E-state index contributed by atoms with van der Waals surface area (Å²) in [6, 6.07) is 12.9. The van der Waals surface area contributed by atoms with Crippen molar-refractivity contribution in [1.82, 2.24) is 4.90 Å². The Hall–Kier alpha value is -3.27. The van der Waals surface area contributed by atoms with Crippen molar-refractivity contribution >= 4 is 16.0 Å². The van der Waals surface area contributed by atoms with Gasteiger partial charge in [-0.1, -0.05) is 31.5 Å². The molecule has 0 bridgehead atoms. The van der Waals surface area contributed by atoms with Crippen LogP contribution < -0.4 is 4.18 Å². The van der Waals surface area contributed by atoms with Crippen LogP contribution in [0, 0.1) is 0 Å². The van der Waals surface area contributed by atoms with E-state index in [0.29, 0.717) is 23.8 Å². The van der Waals surface area contributed by atoms with Gasteiger partial charge in [0.15, 0.2) is 0 Å². The van der Waals surface area contributed by atoms with Gasteiger partial charge in [-0.05, 0) is 54.4 Å². The van der Waals surface area contributed by atoms with E-state index >= 15 is 0 Å². The molecule has 0 unspecified atom stereocenters.